The summed E-state index contributed by atoms with van der Waals surface area (Å²) in [5.41, 5.74) is -5.00. The van der Waals surface area contributed by atoms with Crippen LogP contribution in [0.3, 0.4) is 0 Å². The average Bonchev–Trinajstić information content (AvgIpc) is 3.04. The van der Waals surface area contributed by atoms with E-state index in [0.717, 1.165) is 6.08 Å². The van der Waals surface area contributed by atoms with Gasteiger partial charge in [0.2, 0.25) is 5.91 Å². The monoisotopic (exact) mass is 692 g/mol. The second-order valence-corrected chi connectivity index (χ2v) is 10.6. The quantitative estimate of drug-likeness (QED) is 0.0399. The molecule has 3 N–H and O–H groups in total. The molecular formula is C31H19F7N4O5S. The van der Waals surface area contributed by atoms with E-state index in [1.165, 1.54) is 66.0 Å². The topological polar surface area (TPSA) is 130 Å². The number of rotatable bonds is 10. The van der Waals surface area contributed by atoms with Crippen LogP contribution in [0.1, 0.15) is 21.5 Å². The molecule has 0 saturated carbocycles. The zero-order chi connectivity index (χ0) is 35.2. The van der Waals surface area contributed by atoms with Crippen LogP contribution in [0.2, 0.25) is 0 Å². The zero-order valence-corrected chi connectivity index (χ0v) is 24.6. The van der Waals surface area contributed by atoms with E-state index in [0.29, 0.717) is 11.8 Å². The minimum Gasteiger partial charge on any atom is -0.321 e. The number of anilines is 2. The summed E-state index contributed by atoms with van der Waals surface area (Å²) < 4.78 is 94.6. The highest BCUT2D eigenvalue weighted by Crippen LogP contribution is 2.38. The molecule has 0 heterocycles. The molecule has 0 radical (unpaired) electrons. The summed E-state index contributed by atoms with van der Waals surface area (Å²) in [7, 11) is 0. The highest BCUT2D eigenvalue weighted by molar-refractivity contribution is 8.00. The van der Waals surface area contributed by atoms with E-state index >= 15 is 0 Å². The van der Waals surface area contributed by atoms with Gasteiger partial charge in [-0.1, -0.05) is 36.4 Å². The molecule has 4 rings (SSSR count). The van der Waals surface area contributed by atoms with Crippen molar-refractivity contribution in [3.05, 3.63) is 135 Å². The third kappa shape index (κ3) is 8.35. The van der Waals surface area contributed by atoms with Gasteiger partial charge >= 0.3 is 6.18 Å². The van der Waals surface area contributed by atoms with E-state index in [2.05, 4.69) is 10.6 Å². The smallest absolute Gasteiger partial charge is 0.321 e. The van der Waals surface area contributed by atoms with Gasteiger partial charge in [0.25, 0.3) is 17.5 Å². The van der Waals surface area contributed by atoms with Crippen molar-refractivity contribution >= 4 is 52.6 Å². The second kappa shape index (κ2) is 14.8. The lowest BCUT2D eigenvalue weighted by Crippen LogP contribution is -2.30. The van der Waals surface area contributed by atoms with Gasteiger partial charge in [0.05, 0.1) is 16.2 Å². The highest BCUT2D eigenvalue weighted by Gasteiger charge is 2.42. The lowest BCUT2D eigenvalue weighted by molar-refractivity contribution is -0.385. The minimum absolute atomic E-state index is 0.00277. The first-order valence-corrected chi connectivity index (χ1v) is 14.2. The summed E-state index contributed by atoms with van der Waals surface area (Å²) in [4.78, 5) is 49.6. The molecule has 3 amide bonds. The molecule has 0 aliphatic carbocycles. The maximum Gasteiger partial charge on any atom is 0.422 e. The number of nitrogens with one attached hydrogen (secondary N) is 3. The molecule has 48 heavy (non-hydrogen) atoms. The number of nitro benzene ring substituents is 1. The van der Waals surface area contributed by atoms with Gasteiger partial charge in [-0.2, -0.15) is 13.2 Å². The molecule has 0 aliphatic rings. The molecule has 0 aromatic heterocycles. The molecule has 0 fully saturated rings. The Kier molecular flexibility index (Phi) is 10.8. The molecular weight excluding hydrogens is 673 g/mol. The van der Waals surface area contributed by atoms with Crippen LogP contribution in [0.5, 0.6) is 0 Å². The van der Waals surface area contributed by atoms with E-state index in [9.17, 15) is 55.2 Å². The van der Waals surface area contributed by atoms with Crippen LogP contribution in [0.15, 0.2) is 89.5 Å². The first-order valence-electron chi connectivity index (χ1n) is 13.3. The Morgan fingerprint density at radius 1 is 0.812 bits per heavy atom. The molecule has 0 bridgehead atoms. The van der Waals surface area contributed by atoms with Crippen LogP contribution in [-0.4, -0.2) is 28.4 Å². The van der Waals surface area contributed by atoms with Gasteiger partial charge in [-0.05, 0) is 42.5 Å². The maximum absolute atomic E-state index is 14.2. The Hall–Kier alpha value is -5.71. The summed E-state index contributed by atoms with van der Waals surface area (Å²) in [6, 6.07) is 18.8. The standard InChI is InChI=1S/C31H19F7N4O5S/c32-24-23(31(36,37)38)25(33)27(35)28(26(24)34)41-22(43)15-48-19-11-6-10-18(14-19)39-30(45)20(40-29(44)16-7-2-1-3-8-16)13-17-9-4-5-12-21(17)42(46)47/h1-14H,15H2,(H,39,45)(H,40,44)(H,41,43)/b20-13+. The Morgan fingerprint density at radius 3 is 2.06 bits per heavy atom. The van der Waals surface area contributed by atoms with Crippen molar-refractivity contribution in [1.29, 1.82) is 0 Å². The van der Waals surface area contributed by atoms with Crippen LogP contribution < -0.4 is 16.0 Å². The molecule has 0 atom stereocenters. The molecule has 4 aromatic carbocycles. The van der Waals surface area contributed by atoms with Crippen molar-refractivity contribution in [3.63, 3.8) is 0 Å². The van der Waals surface area contributed by atoms with Crippen LogP contribution >= 0.6 is 11.8 Å². The van der Waals surface area contributed by atoms with Gasteiger partial charge in [0, 0.05) is 22.2 Å². The van der Waals surface area contributed by atoms with Gasteiger partial charge in [-0.3, -0.25) is 24.5 Å². The first-order chi connectivity index (χ1) is 22.7. The fourth-order valence-electron chi connectivity index (χ4n) is 4.05. The lowest BCUT2D eigenvalue weighted by Gasteiger charge is -2.14. The number of para-hydroxylation sites is 1. The zero-order valence-electron chi connectivity index (χ0n) is 23.8. The predicted molar refractivity (Wildman–Crippen MR) is 161 cm³/mol. The van der Waals surface area contributed by atoms with E-state index in [4.69, 9.17) is 0 Å². The number of nitro groups is 1. The van der Waals surface area contributed by atoms with Crippen molar-refractivity contribution in [2.24, 2.45) is 0 Å². The van der Waals surface area contributed by atoms with Crippen molar-refractivity contribution in [3.8, 4) is 0 Å². The van der Waals surface area contributed by atoms with Crippen molar-refractivity contribution in [1.82, 2.24) is 5.32 Å². The second-order valence-electron chi connectivity index (χ2n) is 9.52. The molecule has 17 heteroatoms. The largest absolute Gasteiger partial charge is 0.422 e. The normalized spacial score (nSPS) is 11.5. The fraction of sp³-hybridized carbons (Fsp3) is 0.0645. The number of hydrogen-bond acceptors (Lipinski definition) is 6. The molecule has 0 unspecified atom stereocenters. The summed E-state index contributed by atoms with van der Waals surface area (Å²) in [6.45, 7) is 0. The van der Waals surface area contributed by atoms with Crippen LogP contribution in [-0.2, 0) is 15.8 Å². The van der Waals surface area contributed by atoms with Crippen molar-refractivity contribution in [2.75, 3.05) is 16.4 Å². The molecule has 0 saturated heterocycles. The number of carbonyl (C=O) groups is 3. The molecule has 4 aromatic rings. The Labute approximate surface area is 270 Å². The van der Waals surface area contributed by atoms with E-state index in [1.54, 1.807) is 18.2 Å². The SMILES string of the molecule is O=C(CSc1cccc(NC(=O)/C(=C\c2ccccc2[N+](=O)[O-])NC(=O)c2ccccc2)c1)Nc1c(F)c(F)c(C(F)(F)F)c(F)c1F. The number of amides is 3. The summed E-state index contributed by atoms with van der Waals surface area (Å²) >= 11 is 0.706. The molecule has 0 spiro atoms. The summed E-state index contributed by atoms with van der Waals surface area (Å²) in [5.74, 6) is -13.9. The fourth-order valence-corrected chi connectivity index (χ4v) is 4.81. The number of carbonyl (C=O) groups excluding carboxylic acids is 3. The first kappa shape index (κ1) is 35.1. The van der Waals surface area contributed by atoms with E-state index in [1.807, 2.05) is 0 Å². The number of alkyl halides is 3. The Bertz CT molecular complexity index is 1910. The van der Waals surface area contributed by atoms with Gasteiger partial charge < -0.3 is 16.0 Å². The molecule has 9 nitrogen and oxygen atoms in total. The van der Waals surface area contributed by atoms with E-state index < -0.39 is 69.1 Å². The minimum atomic E-state index is -5.75. The maximum atomic E-state index is 14.2. The number of benzene rings is 4. The van der Waals surface area contributed by atoms with E-state index in [-0.39, 0.29) is 33.1 Å². The Balaban J connectivity index is 1.51. The van der Waals surface area contributed by atoms with Crippen LogP contribution in [0.4, 0.5) is 47.8 Å². The number of hydrogen-bond donors (Lipinski definition) is 3. The van der Waals surface area contributed by atoms with Crippen molar-refractivity contribution in [2.45, 2.75) is 11.1 Å². The highest BCUT2D eigenvalue weighted by atomic mass is 32.2. The molecule has 0 aliphatic heterocycles. The Morgan fingerprint density at radius 2 is 1.44 bits per heavy atom. The van der Waals surface area contributed by atoms with Crippen LogP contribution in [0.25, 0.3) is 6.08 Å². The summed E-state index contributed by atoms with van der Waals surface area (Å²) in [5, 5.41) is 18.0. The van der Waals surface area contributed by atoms with Gasteiger partial charge in [0.15, 0.2) is 23.3 Å². The number of thioether (sulfide) groups is 1. The third-order valence-electron chi connectivity index (χ3n) is 6.24. The third-order valence-corrected chi connectivity index (χ3v) is 7.23. The number of nitrogens with zero attached hydrogens (tertiary/aromatic N) is 1. The van der Waals surface area contributed by atoms with Gasteiger partial charge in [0.1, 0.15) is 16.9 Å². The van der Waals surface area contributed by atoms with Crippen molar-refractivity contribution < 1.29 is 50.0 Å². The summed E-state index contributed by atoms with van der Waals surface area (Å²) in [6.07, 6.45) is -4.65. The number of halogens is 7. The van der Waals surface area contributed by atoms with Gasteiger partial charge in [-0.25, -0.2) is 17.6 Å². The van der Waals surface area contributed by atoms with Gasteiger partial charge in [-0.15, -0.1) is 11.8 Å². The average molecular weight is 693 g/mol. The predicted octanol–water partition coefficient (Wildman–Crippen LogP) is 7.31. The lowest BCUT2D eigenvalue weighted by atomic mass is 10.1. The molecule has 248 valence electrons. The van der Waals surface area contributed by atoms with Crippen LogP contribution in [0, 0.1) is 33.4 Å².